The van der Waals surface area contributed by atoms with E-state index in [4.69, 9.17) is 11.2 Å². The number of rotatable bonds is 5. The average Bonchev–Trinajstić information content (AvgIpc) is 2.30. The van der Waals surface area contributed by atoms with Crippen molar-refractivity contribution in [3.05, 3.63) is 29.8 Å². The second-order valence-electron chi connectivity index (χ2n) is 4.64. The van der Waals surface area contributed by atoms with Crippen LogP contribution in [0.3, 0.4) is 0 Å². The van der Waals surface area contributed by atoms with E-state index in [0.29, 0.717) is 6.61 Å². The van der Waals surface area contributed by atoms with Crippen LogP contribution in [-0.4, -0.2) is 12.1 Å². The van der Waals surface area contributed by atoms with Crippen LogP contribution in [0.5, 0.6) is 5.75 Å². The standard InChI is InChI=1S/C15H21NO/c1-6-15(4,5)16-12(3)13-8-10-14(11-9-13)17-7-2/h1,8-12,16H,7H2,2-5H3. The number of benzene rings is 1. The highest BCUT2D eigenvalue weighted by Gasteiger charge is 2.17. The maximum atomic E-state index is 5.46. The predicted octanol–water partition coefficient (Wildman–Crippen LogP) is 3.15. The number of ether oxygens (including phenoxy) is 1. The molecule has 1 rings (SSSR count). The molecule has 0 radical (unpaired) electrons. The molecule has 1 unspecified atom stereocenters. The number of hydrogen-bond donors (Lipinski definition) is 1. The summed E-state index contributed by atoms with van der Waals surface area (Å²) in [5.74, 6) is 3.64. The number of nitrogens with one attached hydrogen (secondary N) is 1. The third kappa shape index (κ3) is 4.13. The SMILES string of the molecule is C#CC(C)(C)NC(C)c1ccc(OCC)cc1. The van der Waals surface area contributed by atoms with Gasteiger partial charge < -0.3 is 4.74 Å². The molecule has 1 aromatic rings. The second kappa shape index (κ2) is 5.75. The lowest BCUT2D eigenvalue weighted by Crippen LogP contribution is -2.39. The Morgan fingerprint density at radius 1 is 1.35 bits per heavy atom. The van der Waals surface area contributed by atoms with E-state index in [1.807, 2.05) is 32.9 Å². The smallest absolute Gasteiger partial charge is 0.119 e. The van der Waals surface area contributed by atoms with Crippen molar-refractivity contribution in [3.8, 4) is 18.1 Å². The van der Waals surface area contributed by atoms with Crippen molar-refractivity contribution in [2.75, 3.05) is 6.61 Å². The molecule has 17 heavy (non-hydrogen) atoms. The lowest BCUT2D eigenvalue weighted by Gasteiger charge is -2.25. The van der Waals surface area contributed by atoms with E-state index in [9.17, 15) is 0 Å². The summed E-state index contributed by atoms with van der Waals surface area (Å²) in [6.07, 6.45) is 5.46. The molecule has 1 atom stereocenters. The Balaban J connectivity index is 2.70. The zero-order chi connectivity index (χ0) is 12.9. The molecule has 2 heteroatoms. The summed E-state index contributed by atoms with van der Waals surface area (Å²) < 4.78 is 5.41. The Labute approximate surface area is 104 Å². The quantitative estimate of drug-likeness (QED) is 0.786. The zero-order valence-corrected chi connectivity index (χ0v) is 11.1. The fourth-order valence-corrected chi connectivity index (χ4v) is 1.69. The van der Waals surface area contributed by atoms with Crippen molar-refractivity contribution in [2.24, 2.45) is 0 Å². The largest absolute Gasteiger partial charge is 0.494 e. The Morgan fingerprint density at radius 3 is 2.41 bits per heavy atom. The normalized spacial score (nSPS) is 12.9. The molecule has 0 saturated carbocycles. The summed E-state index contributed by atoms with van der Waals surface area (Å²) in [5, 5.41) is 3.40. The molecule has 0 bridgehead atoms. The lowest BCUT2D eigenvalue weighted by molar-refractivity contribution is 0.340. The highest BCUT2D eigenvalue weighted by molar-refractivity contribution is 5.29. The van der Waals surface area contributed by atoms with Gasteiger partial charge in [-0.05, 0) is 45.4 Å². The van der Waals surface area contributed by atoms with E-state index in [0.717, 1.165) is 5.75 Å². The Bertz CT molecular complexity index is 386. The van der Waals surface area contributed by atoms with Gasteiger partial charge in [0.15, 0.2) is 0 Å². The first-order chi connectivity index (χ1) is 7.98. The van der Waals surface area contributed by atoms with Gasteiger partial charge >= 0.3 is 0 Å². The molecule has 0 aromatic heterocycles. The van der Waals surface area contributed by atoms with Gasteiger partial charge in [-0.25, -0.2) is 0 Å². The van der Waals surface area contributed by atoms with Crippen LogP contribution in [0.4, 0.5) is 0 Å². The topological polar surface area (TPSA) is 21.3 Å². The third-order valence-electron chi connectivity index (χ3n) is 2.63. The van der Waals surface area contributed by atoms with E-state index >= 15 is 0 Å². The van der Waals surface area contributed by atoms with Crippen molar-refractivity contribution in [2.45, 2.75) is 39.3 Å². The van der Waals surface area contributed by atoms with Crippen molar-refractivity contribution >= 4 is 0 Å². The lowest BCUT2D eigenvalue weighted by atomic mass is 10.0. The summed E-state index contributed by atoms with van der Waals surface area (Å²) in [6, 6.07) is 8.32. The second-order valence-corrected chi connectivity index (χ2v) is 4.64. The fourth-order valence-electron chi connectivity index (χ4n) is 1.69. The number of hydrogen-bond acceptors (Lipinski definition) is 2. The van der Waals surface area contributed by atoms with Gasteiger partial charge in [-0.2, -0.15) is 0 Å². The molecule has 0 spiro atoms. The monoisotopic (exact) mass is 231 g/mol. The molecule has 2 nitrogen and oxygen atoms in total. The minimum absolute atomic E-state index is 0.219. The number of terminal acetylenes is 1. The van der Waals surface area contributed by atoms with Gasteiger partial charge in [0.25, 0.3) is 0 Å². The predicted molar refractivity (Wildman–Crippen MR) is 72.1 cm³/mol. The van der Waals surface area contributed by atoms with Crippen LogP contribution in [0.1, 0.15) is 39.3 Å². The molecule has 0 aliphatic heterocycles. The summed E-state index contributed by atoms with van der Waals surface area (Å²) >= 11 is 0. The van der Waals surface area contributed by atoms with E-state index in [1.165, 1.54) is 5.56 Å². The maximum Gasteiger partial charge on any atom is 0.119 e. The molecular formula is C15H21NO. The van der Waals surface area contributed by atoms with Crippen LogP contribution in [0.25, 0.3) is 0 Å². The van der Waals surface area contributed by atoms with Gasteiger partial charge in [0.05, 0.1) is 12.1 Å². The summed E-state index contributed by atoms with van der Waals surface area (Å²) in [4.78, 5) is 0. The van der Waals surface area contributed by atoms with Crippen LogP contribution in [0, 0.1) is 12.3 Å². The molecule has 1 N–H and O–H groups in total. The van der Waals surface area contributed by atoms with Crippen LogP contribution in [0.2, 0.25) is 0 Å². The molecular weight excluding hydrogens is 210 g/mol. The van der Waals surface area contributed by atoms with Gasteiger partial charge in [0.1, 0.15) is 5.75 Å². The summed E-state index contributed by atoms with van der Waals surface area (Å²) in [7, 11) is 0. The molecule has 0 saturated heterocycles. The van der Waals surface area contributed by atoms with Crippen molar-refractivity contribution < 1.29 is 4.74 Å². The van der Waals surface area contributed by atoms with E-state index in [-0.39, 0.29) is 11.6 Å². The highest BCUT2D eigenvalue weighted by atomic mass is 16.5. The van der Waals surface area contributed by atoms with Crippen LogP contribution >= 0.6 is 0 Å². The first kappa shape index (κ1) is 13.6. The Kier molecular flexibility index (Phi) is 4.60. The molecule has 92 valence electrons. The summed E-state index contributed by atoms with van der Waals surface area (Å²) in [5.41, 5.74) is 0.912. The molecule has 0 heterocycles. The van der Waals surface area contributed by atoms with E-state index < -0.39 is 0 Å². The Hall–Kier alpha value is -1.46. The molecule has 0 aliphatic rings. The van der Waals surface area contributed by atoms with Gasteiger partial charge in [-0.1, -0.05) is 18.1 Å². The van der Waals surface area contributed by atoms with Crippen molar-refractivity contribution in [1.29, 1.82) is 0 Å². The van der Waals surface area contributed by atoms with E-state index in [1.54, 1.807) is 0 Å². The molecule has 1 aromatic carbocycles. The minimum Gasteiger partial charge on any atom is -0.494 e. The maximum absolute atomic E-state index is 5.46. The van der Waals surface area contributed by atoms with Crippen LogP contribution in [0.15, 0.2) is 24.3 Å². The van der Waals surface area contributed by atoms with Gasteiger partial charge in [-0.15, -0.1) is 6.42 Å². The molecule has 0 fully saturated rings. The minimum atomic E-state index is -0.294. The van der Waals surface area contributed by atoms with Crippen molar-refractivity contribution in [1.82, 2.24) is 5.32 Å². The average molecular weight is 231 g/mol. The molecule has 0 amide bonds. The fraction of sp³-hybridized carbons (Fsp3) is 0.467. The van der Waals surface area contributed by atoms with Gasteiger partial charge in [-0.3, -0.25) is 5.32 Å². The summed E-state index contributed by atoms with van der Waals surface area (Å²) in [6.45, 7) is 8.77. The first-order valence-electron chi connectivity index (χ1n) is 5.96. The van der Waals surface area contributed by atoms with E-state index in [2.05, 4.69) is 30.3 Å². The molecule has 0 aliphatic carbocycles. The van der Waals surface area contributed by atoms with Crippen molar-refractivity contribution in [3.63, 3.8) is 0 Å². The Morgan fingerprint density at radius 2 is 1.94 bits per heavy atom. The zero-order valence-electron chi connectivity index (χ0n) is 11.1. The highest BCUT2D eigenvalue weighted by Crippen LogP contribution is 2.19. The van der Waals surface area contributed by atoms with Gasteiger partial charge in [0.2, 0.25) is 0 Å². The van der Waals surface area contributed by atoms with Gasteiger partial charge in [0, 0.05) is 6.04 Å². The third-order valence-corrected chi connectivity index (χ3v) is 2.63. The van der Waals surface area contributed by atoms with Crippen LogP contribution < -0.4 is 10.1 Å². The first-order valence-corrected chi connectivity index (χ1v) is 5.96. The van der Waals surface area contributed by atoms with Crippen LogP contribution in [-0.2, 0) is 0 Å².